The molecule has 3 unspecified atom stereocenters. The molecule has 17 nitrogen and oxygen atoms in total. The standard InChI is InChI=1S/C23H24N4O2.C17H19N3O2.C15H16BrN3O2.C6H6BrN.C2H6.5U/c1-15-4-5-17(11-24-15)6-7-18-12-25-16(2)27-23(18)29-14-19-10-21(19)22-9-8-20(28-3)13-26-22;1-4-12-8-18-11(2)20-17(12)22-10-13-7-15(13)16-6-5-14(21-3)9-19-16;1-9-17-7-13(16)15(19-9)21-8-10-5-12(10)14-4-3-11(20-2)6-18-14;1-5-2-3-6(7)4-8-5;1-2;;;;;/h4-9,11-13,19,21H,10,14H2,1-3H3;4-6,8-9,13,15H,1,7,10H2,2-3H3;3-4,6-7,10,12H,5,8H2,1-2H3;2-4H,1H3;1-2H3;;;;;/b7-6+;;;;;;;;;/t19-,21?;13-,15?;10-,12?;;;;;;;/m111......./s1. The van der Waals surface area contributed by atoms with Gasteiger partial charge < -0.3 is 28.4 Å². The van der Waals surface area contributed by atoms with E-state index in [1.807, 2.05) is 127 Å². The molecular formula is C63H71Br2N11O6U5. The van der Waals surface area contributed by atoms with Crippen molar-refractivity contribution in [3.63, 3.8) is 0 Å². The fraction of sp³-hybridized carbons (Fsp3) is 0.349. The summed E-state index contributed by atoms with van der Waals surface area (Å²) in [6.45, 7) is 19.2. The topological polar surface area (TPSA) is 197 Å². The number of aromatic nitrogens is 11. The minimum Gasteiger partial charge on any atom is -0.495 e. The molecule has 6 atom stereocenters. The van der Waals surface area contributed by atoms with E-state index in [1.165, 1.54) is 0 Å². The van der Waals surface area contributed by atoms with Crippen LogP contribution in [-0.4, -0.2) is 96.0 Å². The van der Waals surface area contributed by atoms with Gasteiger partial charge in [0, 0.05) is 255 Å². The minimum atomic E-state index is 0. The summed E-state index contributed by atoms with van der Waals surface area (Å²) >= 11 is 6.68. The Morgan fingerprint density at radius 2 is 0.828 bits per heavy atom. The van der Waals surface area contributed by atoms with E-state index >= 15 is 0 Å². The molecule has 8 heterocycles. The molecule has 0 saturated heterocycles. The van der Waals surface area contributed by atoms with Crippen LogP contribution < -0.4 is 28.4 Å². The van der Waals surface area contributed by atoms with Crippen LogP contribution in [-0.2, 0) is 0 Å². The van der Waals surface area contributed by atoms with Crippen LogP contribution in [0.3, 0.4) is 0 Å². The van der Waals surface area contributed by atoms with Crippen molar-refractivity contribution in [3.8, 4) is 34.9 Å². The summed E-state index contributed by atoms with van der Waals surface area (Å²) in [5.41, 5.74) is 8.03. The maximum Gasteiger partial charge on any atom is 0.231 e. The Balaban J connectivity index is 0.000000406. The van der Waals surface area contributed by atoms with Crippen molar-refractivity contribution in [1.82, 2.24) is 54.8 Å². The number of hydrogen-bond acceptors (Lipinski definition) is 17. The first kappa shape index (κ1) is 80.6. The number of halogens is 2. The van der Waals surface area contributed by atoms with Crippen molar-refractivity contribution in [3.05, 3.63) is 188 Å². The van der Waals surface area contributed by atoms with E-state index in [0.717, 1.165) is 90.6 Å². The molecule has 0 spiro atoms. The second-order valence-electron chi connectivity index (χ2n) is 19.4. The second kappa shape index (κ2) is 41.9. The molecule has 0 aromatic carbocycles. The Kier molecular flexibility index (Phi) is 38.8. The third-order valence-electron chi connectivity index (χ3n) is 13.3. The second-order valence-corrected chi connectivity index (χ2v) is 21.2. The van der Waals surface area contributed by atoms with Crippen LogP contribution in [0.1, 0.15) is 113 Å². The molecule has 0 amide bonds. The summed E-state index contributed by atoms with van der Waals surface area (Å²) in [4.78, 5) is 47.4. The van der Waals surface area contributed by atoms with E-state index < -0.39 is 0 Å². The Bertz CT molecular complexity index is 3310. The molecule has 11 rings (SSSR count). The van der Waals surface area contributed by atoms with Crippen LogP contribution in [0.2, 0.25) is 0 Å². The molecule has 87 heavy (non-hydrogen) atoms. The third kappa shape index (κ3) is 26.6. The van der Waals surface area contributed by atoms with Gasteiger partial charge in [0.2, 0.25) is 17.6 Å². The Hall–Kier alpha value is -2.51. The fourth-order valence-corrected chi connectivity index (χ4v) is 8.83. The van der Waals surface area contributed by atoms with Crippen LogP contribution >= 0.6 is 31.9 Å². The predicted molar refractivity (Wildman–Crippen MR) is 325 cm³/mol. The molecule has 3 aliphatic carbocycles. The largest absolute Gasteiger partial charge is 0.495 e. The number of methoxy groups -OCH3 is 3. The van der Waals surface area contributed by atoms with Crippen molar-refractivity contribution in [1.29, 1.82) is 0 Å². The average Bonchev–Trinajstić information content (AvgIpc) is 4.60. The van der Waals surface area contributed by atoms with Crippen molar-refractivity contribution in [2.24, 2.45) is 17.8 Å². The van der Waals surface area contributed by atoms with E-state index in [-0.39, 0.29) is 156 Å². The van der Waals surface area contributed by atoms with E-state index in [4.69, 9.17) is 28.4 Å². The van der Waals surface area contributed by atoms with Gasteiger partial charge in [-0.15, -0.1) is 0 Å². The molecule has 3 fully saturated rings. The zero-order chi connectivity index (χ0) is 58.5. The summed E-state index contributed by atoms with van der Waals surface area (Å²) in [6.07, 6.45) is 23.1. The maximum absolute atomic E-state index is 6.08. The van der Waals surface area contributed by atoms with Gasteiger partial charge in [-0.05, 0) is 152 Å². The van der Waals surface area contributed by atoms with Crippen LogP contribution in [0.25, 0.3) is 18.2 Å². The van der Waals surface area contributed by atoms with Crippen molar-refractivity contribution in [2.45, 2.75) is 85.5 Å². The minimum absolute atomic E-state index is 0. The first-order valence-corrected chi connectivity index (χ1v) is 28.7. The molecule has 0 N–H and O–H groups in total. The summed E-state index contributed by atoms with van der Waals surface area (Å²) in [5, 5.41) is 0. The molecule has 3 saturated carbocycles. The van der Waals surface area contributed by atoms with Crippen molar-refractivity contribution >= 4 is 50.1 Å². The van der Waals surface area contributed by atoms with Gasteiger partial charge in [-0.1, -0.05) is 38.6 Å². The Morgan fingerprint density at radius 1 is 0.437 bits per heavy atom. The molecule has 0 bridgehead atoms. The number of ether oxygens (including phenoxy) is 6. The number of pyridine rings is 5. The van der Waals surface area contributed by atoms with E-state index in [2.05, 4.69) is 93.3 Å². The number of rotatable bonds is 18. The molecule has 24 heteroatoms. The van der Waals surface area contributed by atoms with E-state index in [0.29, 0.717) is 90.4 Å². The number of nitrogens with zero attached hydrogens (tertiary/aromatic N) is 11. The molecule has 8 aromatic heterocycles. The molecular weight excluding hydrogens is 2360 g/mol. The van der Waals surface area contributed by atoms with Crippen LogP contribution in [0.15, 0.2) is 126 Å². The monoisotopic (exact) mass is 2430 g/mol. The predicted octanol–water partition coefficient (Wildman–Crippen LogP) is 13.6. The van der Waals surface area contributed by atoms with Crippen LogP contribution in [0.4, 0.5) is 0 Å². The van der Waals surface area contributed by atoms with E-state index in [1.54, 1.807) is 70.8 Å². The van der Waals surface area contributed by atoms with Crippen molar-refractivity contribution < 1.29 is 184 Å². The normalized spacial score (nSPS) is 16.7. The zero-order valence-electron chi connectivity index (χ0n) is 50.7. The molecule has 3 aliphatic rings. The van der Waals surface area contributed by atoms with Gasteiger partial charge in [0.05, 0.1) is 75.3 Å². The van der Waals surface area contributed by atoms with Gasteiger partial charge in [-0.3, -0.25) is 24.9 Å². The summed E-state index contributed by atoms with van der Waals surface area (Å²) in [5.74, 6) is 9.05. The summed E-state index contributed by atoms with van der Waals surface area (Å²) in [6, 6.07) is 19.9. The Morgan fingerprint density at radius 3 is 1.20 bits per heavy atom. The van der Waals surface area contributed by atoms with Crippen LogP contribution in [0.5, 0.6) is 34.9 Å². The quantitative estimate of drug-likeness (QED) is 0.0785. The van der Waals surface area contributed by atoms with Crippen LogP contribution in [0, 0.1) is 208 Å². The van der Waals surface area contributed by atoms with Crippen molar-refractivity contribution in [2.75, 3.05) is 41.2 Å². The van der Waals surface area contributed by atoms with Gasteiger partial charge in [-0.2, -0.15) is 15.0 Å². The van der Waals surface area contributed by atoms with Gasteiger partial charge >= 0.3 is 0 Å². The third-order valence-corrected chi connectivity index (χ3v) is 14.3. The first-order chi connectivity index (χ1) is 39.8. The van der Waals surface area contributed by atoms with Gasteiger partial charge in [0.15, 0.2) is 0 Å². The van der Waals surface area contributed by atoms with E-state index in [9.17, 15) is 0 Å². The summed E-state index contributed by atoms with van der Waals surface area (Å²) < 4.78 is 35.0. The van der Waals surface area contributed by atoms with Gasteiger partial charge in [0.1, 0.15) is 34.7 Å². The first-order valence-electron chi connectivity index (χ1n) is 27.2. The Labute approximate surface area is 647 Å². The number of aryl methyl sites for hydroxylation is 5. The zero-order valence-corrected chi connectivity index (χ0v) is 74.7. The molecule has 448 valence electrons. The fourth-order valence-electron chi connectivity index (χ4n) is 8.29. The maximum atomic E-state index is 6.08. The number of hydrogen-bond donors (Lipinski definition) is 0. The molecule has 0 radical (unpaired) electrons. The molecule has 0 aliphatic heterocycles. The smallest absolute Gasteiger partial charge is 0.231 e. The summed E-state index contributed by atoms with van der Waals surface area (Å²) in [7, 11) is 4.94. The SMILES string of the molecule is C=Cc1cnc(C)nc1OC[C@H]1CC1c1ccc(OC)cn1.CC.COc1ccc(C2C[C@@H]2COc2nc(C)ncc2/C=C/c2ccc(C)nc2)nc1.COc1ccc(C2C[C@@H]2COc2nc(C)ncc2Br)nc1.Cc1ccc(Br)cn1.[U].[U].[U].[U].[U]. The molecule has 8 aromatic rings. The van der Waals surface area contributed by atoms with Gasteiger partial charge in [-0.25, -0.2) is 15.0 Å². The van der Waals surface area contributed by atoms with Gasteiger partial charge in [0.25, 0.3) is 0 Å². The average molecular weight is 2430 g/mol.